The van der Waals surface area contributed by atoms with Gasteiger partial charge in [-0.15, -0.1) is 0 Å². The summed E-state index contributed by atoms with van der Waals surface area (Å²) < 4.78 is 40.1. The summed E-state index contributed by atoms with van der Waals surface area (Å²) in [6, 6.07) is 11.3. The lowest BCUT2D eigenvalue weighted by Gasteiger charge is -2.13. The normalized spacial score (nSPS) is 11.0. The second kappa shape index (κ2) is 6.05. The average molecular weight is 308 g/mol. The van der Waals surface area contributed by atoms with Crippen molar-refractivity contribution in [3.8, 4) is 17.2 Å². The van der Waals surface area contributed by atoms with Crippen LogP contribution in [0.3, 0.4) is 0 Å². The van der Waals surface area contributed by atoms with E-state index >= 15 is 0 Å². The van der Waals surface area contributed by atoms with Gasteiger partial charge in [-0.05, 0) is 31.2 Å². The molecule has 0 amide bonds. The summed E-state index contributed by atoms with van der Waals surface area (Å²) in [5.74, 6) is 0.596. The summed E-state index contributed by atoms with van der Waals surface area (Å²) in [5.41, 5.74) is 0.962. The van der Waals surface area contributed by atoms with E-state index in [-0.39, 0.29) is 22.1 Å². The van der Waals surface area contributed by atoms with Gasteiger partial charge in [-0.25, -0.2) is 0 Å². The highest BCUT2D eigenvalue weighted by Crippen LogP contribution is 2.38. The maximum absolute atomic E-state index is 12.3. The standard InChI is InChI=1S/C15H16O5S/c1-11-7-9-12(10-8-11)21(16,17)20-15-13(18-2)5-4-6-14(15)19-3/h4-10H,1-3H3. The average Bonchev–Trinajstić information content (AvgIpc) is 2.47. The van der Waals surface area contributed by atoms with E-state index in [2.05, 4.69) is 0 Å². The zero-order chi connectivity index (χ0) is 15.5. The number of benzene rings is 2. The van der Waals surface area contributed by atoms with E-state index in [0.29, 0.717) is 0 Å². The van der Waals surface area contributed by atoms with Crippen molar-refractivity contribution >= 4 is 10.1 Å². The maximum Gasteiger partial charge on any atom is 0.339 e. The number of ether oxygens (including phenoxy) is 2. The molecule has 0 radical (unpaired) electrons. The predicted molar refractivity (Wildman–Crippen MR) is 78.5 cm³/mol. The van der Waals surface area contributed by atoms with E-state index in [1.807, 2.05) is 6.92 Å². The maximum atomic E-state index is 12.3. The molecule has 0 saturated carbocycles. The Balaban J connectivity index is 2.43. The van der Waals surface area contributed by atoms with Crippen LogP contribution in [0, 0.1) is 6.92 Å². The van der Waals surface area contributed by atoms with Gasteiger partial charge in [0.15, 0.2) is 11.5 Å². The van der Waals surface area contributed by atoms with Crippen LogP contribution in [0.15, 0.2) is 47.4 Å². The Morgan fingerprint density at radius 2 is 1.38 bits per heavy atom. The van der Waals surface area contributed by atoms with Gasteiger partial charge in [0.05, 0.1) is 14.2 Å². The van der Waals surface area contributed by atoms with Crippen LogP contribution in [0.2, 0.25) is 0 Å². The van der Waals surface area contributed by atoms with Crippen LogP contribution in [-0.2, 0) is 10.1 Å². The molecule has 0 bridgehead atoms. The molecule has 2 aromatic rings. The zero-order valence-corrected chi connectivity index (χ0v) is 12.8. The number of rotatable bonds is 5. The Labute approximate surface area is 124 Å². The molecule has 0 atom stereocenters. The summed E-state index contributed by atoms with van der Waals surface area (Å²) in [6.45, 7) is 1.88. The molecule has 0 unspecified atom stereocenters. The number of hydrogen-bond acceptors (Lipinski definition) is 5. The van der Waals surface area contributed by atoms with Gasteiger partial charge >= 0.3 is 10.1 Å². The van der Waals surface area contributed by atoms with Crippen molar-refractivity contribution in [2.24, 2.45) is 0 Å². The molecule has 0 spiro atoms. The predicted octanol–water partition coefficient (Wildman–Crippen LogP) is 2.78. The highest BCUT2D eigenvalue weighted by Gasteiger charge is 2.22. The molecule has 2 aromatic carbocycles. The topological polar surface area (TPSA) is 61.8 Å². The van der Waals surface area contributed by atoms with Gasteiger partial charge in [0.1, 0.15) is 4.90 Å². The molecule has 0 fully saturated rings. The van der Waals surface area contributed by atoms with E-state index in [9.17, 15) is 8.42 Å². The molecule has 5 nitrogen and oxygen atoms in total. The largest absolute Gasteiger partial charge is 0.493 e. The van der Waals surface area contributed by atoms with Crippen molar-refractivity contribution < 1.29 is 22.1 Å². The van der Waals surface area contributed by atoms with E-state index < -0.39 is 10.1 Å². The molecule has 0 aliphatic heterocycles. The molecule has 6 heteroatoms. The van der Waals surface area contributed by atoms with Crippen LogP contribution in [0.5, 0.6) is 17.2 Å². The van der Waals surface area contributed by atoms with Crippen LogP contribution in [0.1, 0.15) is 5.56 Å². The summed E-state index contributed by atoms with van der Waals surface area (Å²) in [7, 11) is -1.09. The molecule has 21 heavy (non-hydrogen) atoms. The summed E-state index contributed by atoms with van der Waals surface area (Å²) in [6.07, 6.45) is 0. The van der Waals surface area contributed by atoms with E-state index in [1.165, 1.54) is 26.4 Å². The lowest BCUT2D eigenvalue weighted by atomic mass is 10.2. The van der Waals surface area contributed by atoms with Gasteiger partial charge in [0.2, 0.25) is 5.75 Å². The Morgan fingerprint density at radius 3 is 1.86 bits per heavy atom. The van der Waals surface area contributed by atoms with Crippen LogP contribution >= 0.6 is 0 Å². The fourth-order valence-electron chi connectivity index (χ4n) is 1.76. The lowest BCUT2D eigenvalue weighted by molar-refractivity contribution is 0.360. The SMILES string of the molecule is COc1cccc(OC)c1OS(=O)(=O)c1ccc(C)cc1. The number of aryl methyl sites for hydroxylation is 1. The van der Waals surface area contributed by atoms with Gasteiger partial charge in [0, 0.05) is 0 Å². The molecular formula is C15H16O5S. The fourth-order valence-corrected chi connectivity index (χ4v) is 2.71. The first-order valence-corrected chi connectivity index (χ1v) is 7.61. The third kappa shape index (κ3) is 3.28. The van der Waals surface area contributed by atoms with Crippen molar-refractivity contribution in [3.63, 3.8) is 0 Å². The smallest absolute Gasteiger partial charge is 0.339 e. The minimum Gasteiger partial charge on any atom is -0.493 e. The van der Waals surface area contributed by atoms with E-state index in [0.717, 1.165) is 5.56 Å². The first-order valence-electron chi connectivity index (χ1n) is 6.20. The lowest BCUT2D eigenvalue weighted by Crippen LogP contribution is -2.11. The van der Waals surface area contributed by atoms with Crippen LogP contribution in [0.25, 0.3) is 0 Å². The summed E-state index contributed by atoms with van der Waals surface area (Å²) in [4.78, 5) is 0.0704. The van der Waals surface area contributed by atoms with Crippen molar-refractivity contribution in [3.05, 3.63) is 48.0 Å². The highest BCUT2D eigenvalue weighted by atomic mass is 32.2. The molecule has 0 N–H and O–H groups in total. The molecule has 0 heterocycles. The van der Waals surface area contributed by atoms with Crippen molar-refractivity contribution in [2.75, 3.05) is 14.2 Å². The minimum atomic E-state index is -3.96. The van der Waals surface area contributed by atoms with E-state index in [4.69, 9.17) is 13.7 Å². The summed E-state index contributed by atoms with van der Waals surface area (Å²) >= 11 is 0. The molecule has 2 rings (SSSR count). The van der Waals surface area contributed by atoms with Crippen LogP contribution in [-0.4, -0.2) is 22.6 Å². The Morgan fingerprint density at radius 1 is 0.857 bits per heavy atom. The van der Waals surface area contributed by atoms with Crippen molar-refractivity contribution in [2.45, 2.75) is 11.8 Å². The highest BCUT2D eigenvalue weighted by molar-refractivity contribution is 7.87. The van der Waals surface area contributed by atoms with Gasteiger partial charge in [-0.2, -0.15) is 8.42 Å². The first kappa shape index (κ1) is 15.2. The van der Waals surface area contributed by atoms with Crippen molar-refractivity contribution in [1.82, 2.24) is 0 Å². The second-order valence-corrected chi connectivity index (χ2v) is 5.89. The Hall–Kier alpha value is -2.21. The molecule has 0 saturated heterocycles. The number of para-hydroxylation sites is 1. The Kier molecular flexibility index (Phi) is 4.37. The molecule has 0 aromatic heterocycles. The second-order valence-electron chi connectivity index (χ2n) is 4.34. The van der Waals surface area contributed by atoms with Crippen LogP contribution < -0.4 is 13.7 Å². The zero-order valence-electron chi connectivity index (χ0n) is 12.0. The molecular weight excluding hydrogens is 292 g/mol. The fraction of sp³-hybridized carbons (Fsp3) is 0.200. The Bertz CT molecular complexity index is 698. The third-order valence-corrected chi connectivity index (χ3v) is 4.12. The quantitative estimate of drug-likeness (QED) is 0.795. The third-order valence-electron chi connectivity index (χ3n) is 2.89. The van der Waals surface area contributed by atoms with Gasteiger partial charge in [0.25, 0.3) is 0 Å². The monoisotopic (exact) mass is 308 g/mol. The van der Waals surface area contributed by atoms with Gasteiger partial charge in [-0.3, -0.25) is 0 Å². The first-order chi connectivity index (χ1) is 9.97. The molecule has 0 aliphatic carbocycles. The number of methoxy groups -OCH3 is 2. The van der Waals surface area contributed by atoms with Crippen molar-refractivity contribution in [1.29, 1.82) is 0 Å². The van der Waals surface area contributed by atoms with Gasteiger partial charge < -0.3 is 13.7 Å². The summed E-state index contributed by atoms with van der Waals surface area (Å²) in [5, 5.41) is 0. The molecule has 112 valence electrons. The number of hydrogen-bond donors (Lipinski definition) is 0. The minimum absolute atomic E-state index is 0.0306. The van der Waals surface area contributed by atoms with Crippen LogP contribution in [0.4, 0.5) is 0 Å². The molecule has 0 aliphatic rings. The van der Waals surface area contributed by atoms with Gasteiger partial charge in [-0.1, -0.05) is 23.8 Å². The van der Waals surface area contributed by atoms with E-state index in [1.54, 1.807) is 30.3 Å².